The fraction of sp³-hybridized carbons (Fsp3) is 0.545. The predicted octanol–water partition coefficient (Wildman–Crippen LogP) is 1.61. The van der Waals surface area contributed by atoms with Gasteiger partial charge >= 0.3 is 0 Å². The van der Waals surface area contributed by atoms with Gasteiger partial charge in [-0.1, -0.05) is 0 Å². The number of hydrogen-bond donors (Lipinski definition) is 2. The van der Waals surface area contributed by atoms with Gasteiger partial charge in [0.05, 0.1) is 0 Å². The lowest BCUT2D eigenvalue weighted by Crippen LogP contribution is -2.31. The number of aromatic nitrogens is 2. The van der Waals surface area contributed by atoms with E-state index in [1.807, 2.05) is 17.1 Å². The summed E-state index contributed by atoms with van der Waals surface area (Å²) in [6.07, 6.45) is 3.97. The quantitative estimate of drug-likeness (QED) is 0.870. The minimum atomic E-state index is -3.56. The van der Waals surface area contributed by atoms with Crippen molar-refractivity contribution in [2.24, 2.45) is 0 Å². The molecule has 0 aliphatic carbocycles. The molecule has 3 rings (SSSR count). The van der Waals surface area contributed by atoms with Crippen LogP contribution in [0.5, 0.6) is 0 Å². The van der Waals surface area contributed by atoms with Crippen LogP contribution < -0.4 is 10.0 Å². The van der Waals surface area contributed by atoms with Gasteiger partial charge in [-0.25, -0.2) is 18.1 Å². The number of nitrogens with zero attached hydrogens (tertiary/aromatic N) is 2. The zero-order valence-electron chi connectivity index (χ0n) is 11.0. The average Bonchev–Trinajstić information content (AvgIpc) is 3.11. The molecule has 0 aromatic carbocycles. The molecule has 1 saturated heterocycles. The third-order valence-electron chi connectivity index (χ3n) is 3.23. The fourth-order valence-corrected chi connectivity index (χ4v) is 5.71. The van der Waals surface area contributed by atoms with Crippen molar-refractivity contribution in [2.45, 2.75) is 23.1 Å². The van der Waals surface area contributed by atoms with Gasteiger partial charge < -0.3 is 5.32 Å². The van der Waals surface area contributed by atoms with Gasteiger partial charge in [-0.2, -0.15) is 11.8 Å². The standard InChI is InChI=1S/C11H16N4O2S3/c1-12-9-10(15-4-6-19-11(15)14-9)20(16,17)13-7-8-3-2-5-18-8/h4,6,8,12-13H,2-3,5,7H2,1H3. The predicted molar refractivity (Wildman–Crippen MR) is 83.3 cm³/mol. The number of anilines is 1. The van der Waals surface area contributed by atoms with Gasteiger partial charge in [0.2, 0.25) is 0 Å². The van der Waals surface area contributed by atoms with E-state index in [2.05, 4.69) is 15.0 Å². The Morgan fingerprint density at radius 1 is 1.55 bits per heavy atom. The Kier molecular flexibility index (Phi) is 3.93. The van der Waals surface area contributed by atoms with Gasteiger partial charge in [-0.05, 0) is 18.6 Å². The Bertz CT molecular complexity index is 700. The number of hydrogen-bond acceptors (Lipinski definition) is 6. The number of fused-ring (bicyclic) bond motifs is 1. The number of thiazole rings is 1. The van der Waals surface area contributed by atoms with Crippen LogP contribution in [0, 0.1) is 0 Å². The highest BCUT2D eigenvalue weighted by molar-refractivity contribution is 8.00. The first-order chi connectivity index (χ1) is 9.62. The Morgan fingerprint density at radius 3 is 3.10 bits per heavy atom. The summed E-state index contributed by atoms with van der Waals surface area (Å²) in [7, 11) is -1.88. The molecule has 1 aliphatic rings. The maximum atomic E-state index is 12.5. The monoisotopic (exact) mass is 332 g/mol. The summed E-state index contributed by atoms with van der Waals surface area (Å²) >= 11 is 3.25. The first-order valence-electron chi connectivity index (χ1n) is 6.36. The van der Waals surface area contributed by atoms with Crippen molar-refractivity contribution in [2.75, 3.05) is 24.7 Å². The van der Waals surface area contributed by atoms with Crippen molar-refractivity contribution in [3.63, 3.8) is 0 Å². The van der Waals surface area contributed by atoms with Crippen molar-refractivity contribution in [3.8, 4) is 0 Å². The summed E-state index contributed by atoms with van der Waals surface area (Å²) in [5, 5.41) is 5.26. The molecule has 9 heteroatoms. The Balaban J connectivity index is 1.89. The van der Waals surface area contributed by atoms with Gasteiger partial charge in [0, 0.05) is 30.4 Å². The molecule has 110 valence electrons. The van der Waals surface area contributed by atoms with Crippen LogP contribution in [0.1, 0.15) is 12.8 Å². The molecule has 20 heavy (non-hydrogen) atoms. The van der Waals surface area contributed by atoms with Gasteiger partial charge in [-0.15, -0.1) is 11.3 Å². The van der Waals surface area contributed by atoms with Crippen LogP contribution in [0.15, 0.2) is 16.6 Å². The van der Waals surface area contributed by atoms with Crippen LogP contribution >= 0.6 is 23.1 Å². The van der Waals surface area contributed by atoms with Crippen LogP contribution in [-0.2, 0) is 10.0 Å². The summed E-state index contributed by atoms with van der Waals surface area (Å²) < 4.78 is 29.4. The highest BCUT2D eigenvalue weighted by Crippen LogP contribution is 2.27. The molecule has 0 radical (unpaired) electrons. The second-order valence-corrected chi connectivity index (χ2v) is 8.52. The maximum absolute atomic E-state index is 12.5. The summed E-state index contributed by atoms with van der Waals surface area (Å²) in [5.41, 5.74) is 0. The molecule has 0 bridgehead atoms. The summed E-state index contributed by atoms with van der Waals surface area (Å²) in [6.45, 7) is 0.480. The minimum absolute atomic E-state index is 0.194. The van der Waals surface area contributed by atoms with Gasteiger partial charge in [0.1, 0.15) is 0 Å². The van der Waals surface area contributed by atoms with Crippen molar-refractivity contribution in [1.29, 1.82) is 0 Å². The lowest BCUT2D eigenvalue weighted by atomic mass is 10.2. The van der Waals surface area contributed by atoms with E-state index in [1.165, 1.54) is 17.8 Å². The summed E-state index contributed by atoms with van der Waals surface area (Å²) in [6, 6.07) is 0. The molecule has 0 spiro atoms. The Morgan fingerprint density at radius 2 is 2.40 bits per heavy atom. The zero-order chi connectivity index (χ0) is 14.2. The molecule has 0 amide bonds. The van der Waals surface area contributed by atoms with E-state index in [-0.39, 0.29) is 5.03 Å². The van der Waals surface area contributed by atoms with Crippen molar-refractivity contribution < 1.29 is 8.42 Å². The molecule has 1 aliphatic heterocycles. The topological polar surface area (TPSA) is 75.5 Å². The van der Waals surface area contributed by atoms with Crippen LogP contribution in [0.4, 0.5) is 5.82 Å². The number of rotatable bonds is 5. The van der Waals surface area contributed by atoms with E-state index in [9.17, 15) is 8.42 Å². The van der Waals surface area contributed by atoms with Crippen molar-refractivity contribution in [3.05, 3.63) is 11.6 Å². The van der Waals surface area contributed by atoms with E-state index >= 15 is 0 Å². The van der Waals surface area contributed by atoms with E-state index in [1.54, 1.807) is 17.6 Å². The van der Waals surface area contributed by atoms with Crippen LogP contribution in [0.25, 0.3) is 4.96 Å². The first-order valence-corrected chi connectivity index (χ1v) is 9.77. The SMILES string of the molecule is CNc1nc2sccn2c1S(=O)(=O)NCC1CCCS1. The molecule has 6 nitrogen and oxygen atoms in total. The molecule has 1 fully saturated rings. The van der Waals surface area contributed by atoms with Crippen molar-refractivity contribution >= 4 is 43.9 Å². The lowest BCUT2D eigenvalue weighted by Gasteiger charge is -2.11. The minimum Gasteiger partial charge on any atom is -0.371 e. The molecule has 1 unspecified atom stereocenters. The van der Waals surface area contributed by atoms with Crippen molar-refractivity contribution in [1.82, 2.24) is 14.1 Å². The largest absolute Gasteiger partial charge is 0.371 e. The third-order valence-corrected chi connectivity index (χ3v) is 6.84. The molecule has 2 aromatic rings. The number of thioether (sulfide) groups is 1. The number of imidazole rings is 1. The second-order valence-electron chi connectivity index (χ2n) is 4.56. The summed E-state index contributed by atoms with van der Waals surface area (Å²) in [4.78, 5) is 4.95. The van der Waals surface area contributed by atoms with E-state index in [0.717, 1.165) is 12.2 Å². The normalized spacial score (nSPS) is 19.8. The fourth-order valence-electron chi connectivity index (χ4n) is 2.26. The van der Waals surface area contributed by atoms with Crippen LogP contribution in [-0.4, -0.2) is 42.4 Å². The van der Waals surface area contributed by atoms with Gasteiger partial charge in [0.25, 0.3) is 10.0 Å². The molecule has 3 heterocycles. The lowest BCUT2D eigenvalue weighted by molar-refractivity contribution is 0.574. The number of sulfonamides is 1. The molecule has 2 aromatic heterocycles. The van der Waals surface area contributed by atoms with Crippen LogP contribution in [0.2, 0.25) is 0 Å². The third kappa shape index (κ3) is 2.54. The molecule has 0 saturated carbocycles. The summed E-state index contributed by atoms with van der Waals surface area (Å²) in [5.74, 6) is 1.51. The van der Waals surface area contributed by atoms with E-state index < -0.39 is 10.0 Å². The second kappa shape index (κ2) is 5.55. The zero-order valence-corrected chi connectivity index (χ0v) is 13.4. The Labute approximate surface area is 126 Å². The molecular weight excluding hydrogens is 316 g/mol. The molecule has 1 atom stereocenters. The van der Waals surface area contributed by atoms with Gasteiger partial charge in [0.15, 0.2) is 15.8 Å². The van der Waals surface area contributed by atoms with E-state index in [4.69, 9.17) is 0 Å². The highest BCUT2D eigenvalue weighted by atomic mass is 32.2. The Hall–Kier alpha value is -0.770. The molecule has 2 N–H and O–H groups in total. The van der Waals surface area contributed by atoms with Crippen LogP contribution in [0.3, 0.4) is 0 Å². The average molecular weight is 332 g/mol. The highest BCUT2D eigenvalue weighted by Gasteiger charge is 2.27. The molecular formula is C11H16N4O2S3. The maximum Gasteiger partial charge on any atom is 0.260 e. The van der Waals surface area contributed by atoms with E-state index in [0.29, 0.717) is 22.6 Å². The number of nitrogens with one attached hydrogen (secondary N) is 2. The smallest absolute Gasteiger partial charge is 0.260 e. The first kappa shape index (κ1) is 14.2. The van der Waals surface area contributed by atoms with Gasteiger partial charge in [-0.3, -0.25) is 4.40 Å².